The summed E-state index contributed by atoms with van der Waals surface area (Å²) in [5.74, 6) is -0.180. The van der Waals surface area contributed by atoms with Gasteiger partial charge in [0, 0.05) is 18.4 Å². The summed E-state index contributed by atoms with van der Waals surface area (Å²) in [6, 6.07) is 11.0. The molecule has 0 aliphatic carbocycles. The smallest absolute Gasteiger partial charge is 0.305 e. The van der Waals surface area contributed by atoms with Gasteiger partial charge < -0.3 is 4.74 Å². The highest BCUT2D eigenvalue weighted by molar-refractivity contribution is 5.83. The molecule has 0 amide bonds. The van der Waals surface area contributed by atoms with E-state index in [1.165, 1.54) is 23.8 Å². The number of ether oxygens (including phenoxy) is 1. The van der Waals surface area contributed by atoms with Crippen LogP contribution in [0.25, 0.3) is 33.5 Å². The third-order valence-electron chi connectivity index (χ3n) is 6.06. The van der Waals surface area contributed by atoms with Crippen molar-refractivity contribution in [3.05, 3.63) is 114 Å². The van der Waals surface area contributed by atoms with E-state index < -0.39 is 5.82 Å². The number of hydrogen-bond acceptors (Lipinski definition) is 6. The number of nitrogens with zero attached hydrogens (tertiary/aromatic N) is 5. The van der Waals surface area contributed by atoms with Crippen molar-refractivity contribution in [2.45, 2.75) is 25.7 Å². The fraction of sp³-hybridized carbons (Fsp3) is 0.167. The lowest BCUT2D eigenvalue weighted by Crippen LogP contribution is -2.24. The Morgan fingerprint density at radius 2 is 1.90 bits per heavy atom. The number of aryl methyl sites for hydroxylation is 1. The van der Waals surface area contributed by atoms with Gasteiger partial charge in [-0.05, 0) is 61.4 Å². The minimum atomic E-state index is -0.399. The van der Waals surface area contributed by atoms with Gasteiger partial charge >= 0.3 is 5.97 Å². The number of unbranched alkanes of at least 4 members (excludes halogenated alkanes) is 1. The molecule has 0 N–H and O–H groups in total. The maximum absolute atomic E-state index is 13.6. The minimum absolute atomic E-state index is 0.268. The minimum Gasteiger partial charge on any atom is -0.469 e. The molecule has 4 rings (SSSR count). The van der Waals surface area contributed by atoms with Crippen molar-refractivity contribution in [2.75, 3.05) is 7.11 Å². The number of halogens is 1. The van der Waals surface area contributed by atoms with Crippen LogP contribution in [-0.2, 0) is 16.0 Å². The van der Waals surface area contributed by atoms with E-state index in [9.17, 15) is 14.0 Å². The zero-order valence-corrected chi connectivity index (χ0v) is 21.6. The molecular weight excluding hydrogens is 497 g/mol. The average molecular weight is 526 g/mol. The molecular formula is C30H28FN5O3. The number of rotatable bonds is 11. The van der Waals surface area contributed by atoms with Gasteiger partial charge in [-0.3, -0.25) is 14.2 Å². The molecule has 2 heterocycles. The van der Waals surface area contributed by atoms with Crippen molar-refractivity contribution in [2.24, 2.45) is 0 Å². The van der Waals surface area contributed by atoms with Gasteiger partial charge in [0.1, 0.15) is 17.3 Å². The zero-order chi connectivity index (χ0) is 27.8. The number of aromatic nitrogens is 5. The van der Waals surface area contributed by atoms with Crippen LogP contribution in [0.5, 0.6) is 0 Å². The molecule has 2 aromatic carbocycles. The fourth-order valence-corrected chi connectivity index (χ4v) is 4.06. The highest BCUT2D eigenvalue weighted by atomic mass is 19.1. The monoisotopic (exact) mass is 525 g/mol. The summed E-state index contributed by atoms with van der Waals surface area (Å²) in [7, 11) is 1.35. The molecule has 0 saturated heterocycles. The standard InChI is InChI=1S/C30H28FN5O3/c1-4-6-7-10-23(5-2)35-20-27(33-34-35)21-13-18-25-26(19-21)32-28(11-8-9-12-29(37)39-3)36(30(25)38)24-16-14-22(31)15-17-24/h4-7,10,13-20H,1-2,8-9,11-12H2,3H3/b7-6-,23-10+. The van der Waals surface area contributed by atoms with E-state index in [0.29, 0.717) is 47.4 Å². The Labute approximate surface area is 225 Å². The Balaban J connectivity index is 1.74. The van der Waals surface area contributed by atoms with Crippen LogP contribution < -0.4 is 5.56 Å². The van der Waals surface area contributed by atoms with E-state index in [0.717, 1.165) is 11.3 Å². The topological polar surface area (TPSA) is 91.9 Å². The molecule has 0 spiro atoms. The molecule has 8 nitrogen and oxygen atoms in total. The summed E-state index contributed by atoms with van der Waals surface area (Å²) in [6.07, 6.45) is 12.5. The Morgan fingerprint density at radius 3 is 2.62 bits per heavy atom. The molecule has 2 aromatic heterocycles. The van der Waals surface area contributed by atoms with Gasteiger partial charge in [-0.15, -0.1) is 5.10 Å². The number of fused-ring (bicyclic) bond motifs is 1. The number of benzene rings is 2. The predicted molar refractivity (Wildman–Crippen MR) is 150 cm³/mol. The number of allylic oxidation sites excluding steroid dienone is 6. The van der Waals surface area contributed by atoms with Crippen molar-refractivity contribution in [1.82, 2.24) is 24.5 Å². The van der Waals surface area contributed by atoms with Crippen LogP contribution in [0.15, 0.2) is 97.0 Å². The second-order valence-electron chi connectivity index (χ2n) is 8.62. The van der Waals surface area contributed by atoms with Gasteiger partial charge in [-0.2, -0.15) is 0 Å². The van der Waals surface area contributed by atoms with Crippen LogP contribution in [0.3, 0.4) is 0 Å². The molecule has 39 heavy (non-hydrogen) atoms. The molecule has 4 aromatic rings. The lowest BCUT2D eigenvalue weighted by atomic mass is 10.1. The lowest BCUT2D eigenvalue weighted by molar-refractivity contribution is -0.140. The normalized spacial score (nSPS) is 11.7. The van der Waals surface area contributed by atoms with Crippen molar-refractivity contribution in [3.8, 4) is 16.9 Å². The Hall–Kier alpha value is -4.92. The van der Waals surface area contributed by atoms with Crippen LogP contribution >= 0.6 is 0 Å². The zero-order valence-electron chi connectivity index (χ0n) is 21.6. The van der Waals surface area contributed by atoms with Crippen molar-refractivity contribution in [1.29, 1.82) is 0 Å². The Morgan fingerprint density at radius 1 is 1.10 bits per heavy atom. The molecule has 0 unspecified atom stereocenters. The van der Waals surface area contributed by atoms with Gasteiger partial charge in [0.05, 0.1) is 35.6 Å². The molecule has 0 radical (unpaired) electrons. The first kappa shape index (κ1) is 27.1. The number of hydrogen-bond donors (Lipinski definition) is 0. The largest absolute Gasteiger partial charge is 0.469 e. The summed E-state index contributed by atoms with van der Waals surface area (Å²) >= 11 is 0. The van der Waals surface area contributed by atoms with Crippen LogP contribution in [0.2, 0.25) is 0 Å². The second-order valence-corrected chi connectivity index (χ2v) is 8.62. The summed E-state index contributed by atoms with van der Waals surface area (Å²) in [5.41, 5.74) is 2.81. The molecule has 198 valence electrons. The molecule has 9 heteroatoms. The summed E-state index contributed by atoms with van der Waals surface area (Å²) in [6.45, 7) is 7.49. The summed E-state index contributed by atoms with van der Waals surface area (Å²) < 4.78 is 21.4. The molecule has 0 saturated carbocycles. The number of carbonyl (C=O) groups is 1. The van der Waals surface area contributed by atoms with Gasteiger partial charge in [0.2, 0.25) is 0 Å². The van der Waals surface area contributed by atoms with E-state index in [1.807, 2.05) is 12.2 Å². The summed E-state index contributed by atoms with van der Waals surface area (Å²) in [5, 5.41) is 8.90. The lowest BCUT2D eigenvalue weighted by Gasteiger charge is -2.14. The third kappa shape index (κ3) is 6.32. The summed E-state index contributed by atoms with van der Waals surface area (Å²) in [4.78, 5) is 30.0. The molecule has 0 fully saturated rings. The Kier molecular flexibility index (Phi) is 8.73. The van der Waals surface area contributed by atoms with Crippen molar-refractivity contribution >= 4 is 22.6 Å². The van der Waals surface area contributed by atoms with Gasteiger partial charge in [-0.25, -0.2) is 14.1 Å². The van der Waals surface area contributed by atoms with Crippen LogP contribution in [0.1, 0.15) is 25.1 Å². The fourth-order valence-electron chi connectivity index (χ4n) is 4.06. The maximum Gasteiger partial charge on any atom is 0.305 e. The number of carbonyl (C=O) groups excluding carboxylic acids is 1. The molecule has 0 aliphatic heterocycles. The second kappa shape index (κ2) is 12.6. The van der Waals surface area contributed by atoms with Crippen LogP contribution in [0, 0.1) is 5.82 Å². The third-order valence-corrected chi connectivity index (χ3v) is 6.06. The SMILES string of the molecule is C=C/C=C\C=C(/C=C)n1cc(-c2ccc3c(=O)n(-c4ccc(F)cc4)c(CCCCC(=O)OC)nc3c2)nn1. The van der Waals surface area contributed by atoms with E-state index in [-0.39, 0.29) is 17.9 Å². The molecule has 0 bridgehead atoms. The highest BCUT2D eigenvalue weighted by Gasteiger charge is 2.15. The van der Waals surface area contributed by atoms with E-state index in [1.54, 1.807) is 59.4 Å². The number of methoxy groups -OCH3 is 1. The first-order valence-electron chi connectivity index (χ1n) is 12.4. The van der Waals surface area contributed by atoms with Gasteiger partial charge in [0.15, 0.2) is 0 Å². The van der Waals surface area contributed by atoms with Crippen molar-refractivity contribution < 1.29 is 13.9 Å². The maximum atomic E-state index is 13.6. The van der Waals surface area contributed by atoms with Crippen LogP contribution in [-0.4, -0.2) is 37.6 Å². The molecule has 0 aliphatic rings. The average Bonchev–Trinajstić information content (AvgIpc) is 3.44. The van der Waals surface area contributed by atoms with E-state index in [2.05, 4.69) is 23.5 Å². The van der Waals surface area contributed by atoms with Gasteiger partial charge in [-0.1, -0.05) is 42.7 Å². The first-order chi connectivity index (χ1) is 18.9. The van der Waals surface area contributed by atoms with Gasteiger partial charge in [0.25, 0.3) is 5.56 Å². The first-order valence-corrected chi connectivity index (χ1v) is 12.4. The van der Waals surface area contributed by atoms with E-state index in [4.69, 9.17) is 9.72 Å². The highest BCUT2D eigenvalue weighted by Crippen LogP contribution is 2.23. The Bertz CT molecular complexity index is 1630. The van der Waals surface area contributed by atoms with Crippen LogP contribution in [0.4, 0.5) is 4.39 Å². The quantitative estimate of drug-likeness (QED) is 0.147. The van der Waals surface area contributed by atoms with E-state index >= 15 is 0 Å². The predicted octanol–water partition coefficient (Wildman–Crippen LogP) is 5.44. The van der Waals surface area contributed by atoms with Crippen molar-refractivity contribution in [3.63, 3.8) is 0 Å². The molecule has 0 atom stereocenters. The number of esters is 1.